The molecular formula is C15H16Cl2N2O2. The fourth-order valence-electron chi connectivity index (χ4n) is 2.19. The molecule has 0 spiro atoms. The number of rotatable bonds is 4. The largest absolute Gasteiger partial charge is 0.360 e. The zero-order valence-electron chi connectivity index (χ0n) is 12.1. The standard InChI is InChI=1S/C15H16Cl2N2O2/c1-4-19(5-2)15(20)12-9(3)21-18-14(12)13-10(16)7-6-8-11(13)17/h6-8H,4-5H2,1-3H3. The van der Waals surface area contributed by atoms with Gasteiger partial charge in [-0.1, -0.05) is 34.4 Å². The number of carbonyl (C=O) groups is 1. The Morgan fingerprint density at radius 3 is 2.33 bits per heavy atom. The van der Waals surface area contributed by atoms with E-state index >= 15 is 0 Å². The molecule has 21 heavy (non-hydrogen) atoms. The first kappa shape index (κ1) is 15.9. The van der Waals surface area contributed by atoms with Crippen molar-refractivity contribution in [3.8, 4) is 11.3 Å². The fourth-order valence-corrected chi connectivity index (χ4v) is 2.76. The highest BCUT2D eigenvalue weighted by molar-refractivity contribution is 6.39. The van der Waals surface area contributed by atoms with Crippen molar-refractivity contribution in [3.63, 3.8) is 0 Å². The van der Waals surface area contributed by atoms with Crippen molar-refractivity contribution in [1.29, 1.82) is 0 Å². The number of hydrogen-bond acceptors (Lipinski definition) is 3. The van der Waals surface area contributed by atoms with Gasteiger partial charge in [-0.05, 0) is 32.9 Å². The van der Waals surface area contributed by atoms with E-state index in [1.165, 1.54) is 0 Å². The van der Waals surface area contributed by atoms with Crippen LogP contribution in [0.5, 0.6) is 0 Å². The Balaban J connectivity index is 2.61. The van der Waals surface area contributed by atoms with Gasteiger partial charge in [-0.3, -0.25) is 4.79 Å². The van der Waals surface area contributed by atoms with Crippen LogP contribution in [0.4, 0.5) is 0 Å². The number of hydrogen-bond donors (Lipinski definition) is 0. The Morgan fingerprint density at radius 2 is 1.81 bits per heavy atom. The molecule has 4 nitrogen and oxygen atoms in total. The monoisotopic (exact) mass is 326 g/mol. The van der Waals surface area contributed by atoms with E-state index in [1.807, 2.05) is 13.8 Å². The summed E-state index contributed by atoms with van der Waals surface area (Å²) in [7, 11) is 0. The van der Waals surface area contributed by atoms with Gasteiger partial charge in [0.1, 0.15) is 17.0 Å². The van der Waals surface area contributed by atoms with E-state index < -0.39 is 0 Å². The second kappa shape index (κ2) is 6.50. The molecule has 1 aromatic heterocycles. The smallest absolute Gasteiger partial charge is 0.259 e. The minimum atomic E-state index is -0.135. The third-order valence-corrected chi connectivity index (χ3v) is 3.96. The van der Waals surface area contributed by atoms with E-state index in [0.29, 0.717) is 45.7 Å². The molecule has 2 aromatic rings. The molecule has 0 aliphatic heterocycles. The van der Waals surface area contributed by atoms with Crippen LogP contribution in [0.15, 0.2) is 22.7 Å². The lowest BCUT2D eigenvalue weighted by atomic mass is 10.0. The molecule has 1 amide bonds. The van der Waals surface area contributed by atoms with Crippen LogP contribution < -0.4 is 0 Å². The van der Waals surface area contributed by atoms with E-state index in [9.17, 15) is 4.79 Å². The molecule has 1 aromatic carbocycles. The first-order valence-electron chi connectivity index (χ1n) is 6.71. The Hall–Kier alpha value is -1.52. The molecule has 0 unspecified atom stereocenters. The third-order valence-electron chi connectivity index (χ3n) is 3.33. The van der Waals surface area contributed by atoms with Crippen molar-refractivity contribution in [3.05, 3.63) is 39.6 Å². The second-order valence-electron chi connectivity index (χ2n) is 4.54. The quantitative estimate of drug-likeness (QED) is 0.834. The summed E-state index contributed by atoms with van der Waals surface area (Å²) in [5.74, 6) is 0.322. The molecule has 0 saturated carbocycles. The molecule has 0 atom stereocenters. The maximum atomic E-state index is 12.6. The fraction of sp³-hybridized carbons (Fsp3) is 0.333. The van der Waals surface area contributed by atoms with E-state index in [2.05, 4.69) is 5.16 Å². The minimum absolute atomic E-state index is 0.135. The second-order valence-corrected chi connectivity index (χ2v) is 5.35. The number of amides is 1. The van der Waals surface area contributed by atoms with Gasteiger partial charge in [-0.25, -0.2) is 0 Å². The van der Waals surface area contributed by atoms with Gasteiger partial charge < -0.3 is 9.42 Å². The zero-order chi connectivity index (χ0) is 15.6. The number of carbonyl (C=O) groups excluding carboxylic acids is 1. The van der Waals surface area contributed by atoms with Crippen molar-refractivity contribution in [1.82, 2.24) is 10.1 Å². The summed E-state index contributed by atoms with van der Waals surface area (Å²) in [6, 6.07) is 5.16. The number of aryl methyl sites for hydroxylation is 1. The van der Waals surface area contributed by atoms with E-state index in [4.69, 9.17) is 27.7 Å². The topological polar surface area (TPSA) is 46.3 Å². The molecule has 0 radical (unpaired) electrons. The Bertz CT molecular complexity index is 643. The van der Waals surface area contributed by atoms with Gasteiger partial charge >= 0.3 is 0 Å². The van der Waals surface area contributed by atoms with Gasteiger partial charge in [0.25, 0.3) is 5.91 Å². The summed E-state index contributed by atoms with van der Waals surface area (Å²) in [6.45, 7) is 6.77. The summed E-state index contributed by atoms with van der Waals surface area (Å²) >= 11 is 12.4. The maximum Gasteiger partial charge on any atom is 0.259 e. The highest BCUT2D eigenvalue weighted by Crippen LogP contribution is 2.37. The minimum Gasteiger partial charge on any atom is -0.360 e. The number of benzene rings is 1. The summed E-state index contributed by atoms with van der Waals surface area (Å²) in [6.07, 6.45) is 0. The van der Waals surface area contributed by atoms with Gasteiger partial charge in [-0.2, -0.15) is 0 Å². The van der Waals surface area contributed by atoms with Gasteiger partial charge in [0.15, 0.2) is 0 Å². The molecule has 0 saturated heterocycles. The average Bonchev–Trinajstić information content (AvgIpc) is 2.81. The molecular weight excluding hydrogens is 311 g/mol. The van der Waals surface area contributed by atoms with Crippen LogP contribution in [0, 0.1) is 6.92 Å². The van der Waals surface area contributed by atoms with Crippen LogP contribution in [0.1, 0.15) is 30.0 Å². The predicted octanol–water partition coefficient (Wildman–Crippen LogP) is 4.44. The van der Waals surface area contributed by atoms with Crippen molar-refractivity contribution < 1.29 is 9.32 Å². The number of nitrogens with zero attached hydrogens (tertiary/aromatic N) is 2. The number of halogens is 2. The van der Waals surface area contributed by atoms with Crippen molar-refractivity contribution in [2.45, 2.75) is 20.8 Å². The summed E-state index contributed by atoms with van der Waals surface area (Å²) in [5.41, 5.74) is 1.32. The normalized spacial score (nSPS) is 10.7. The first-order valence-corrected chi connectivity index (χ1v) is 7.46. The zero-order valence-corrected chi connectivity index (χ0v) is 13.6. The highest BCUT2D eigenvalue weighted by Gasteiger charge is 2.27. The summed E-state index contributed by atoms with van der Waals surface area (Å²) < 4.78 is 5.21. The molecule has 1 heterocycles. The lowest BCUT2D eigenvalue weighted by Crippen LogP contribution is -2.31. The van der Waals surface area contributed by atoms with E-state index in [-0.39, 0.29) is 5.91 Å². The lowest BCUT2D eigenvalue weighted by molar-refractivity contribution is 0.0772. The van der Waals surface area contributed by atoms with E-state index in [0.717, 1.165) is 0 Å². The van der Waals surface area contributed by atoms with Crippen molar-refractivity contribution >= 4 is 29.1 Å². The molecule has 0 fully saturated rings. The van der Waals surface area contributed by atoms with Crippen molar-refractivity contribution in [2.24, 2.45) is 0 Å². The van der Waals surface area contributed by atoms with Gasteiger partial charge in [0.2, 0.25) is 0 Å². The van der Waals surface area contributed by atoms with Crippen LogP contribution >= 0.6 is 23.2 Å². The summed E-state index contributed by atoms with van der Waals surface area (Å²) in [5, 5.41) is 4.86. The molecule has 0 N–H and O–H groups in total. The average molecular weight is 327 g/mol. The van der Waals surface area contributed by atoms with Crippen LogP contribution in [-0.4, -0.2) is 29.1 Å². The Labute approximate surface area is 133 Å². The Morgan fingerprint density at radius 1 is 1.24 bits per heavy atom. The van der Waals surface area contributed by atoms with Gasteiger partial charge in [0, 0.05) is 18.7 Å². The molecule has 6 heteroatoms. The molecule has 0 aliphatic carbocycles. The highest BCUT2D eigenvalue weighted by atomic mass is 35.5. The third kappa shape index (κ3) is 2.92. The maximum absolute atomic E-state index is 12.6. The molecule has 112 valence electrons. The predicted molar refractivity (Wildman–Crippen MR) is 83.9 cm³/mol. The SMILES string of the molecule is CCN(CC)C(=O)c1c(-c2c(Cl)cccc2Cl)noc1C. The van der Waals surface area contributed by atoms with Crippen LogP contribution in [-0.2, 0) is 0 Å². The first-order chi connectivity index (χ1) is 10.0. The van der Waals surface area contributed by atoms with E-state index in [1.54, 1.807) is 30.0 Å². The Kier molecular flexibility index (Phi) is 4.91. The van der Waals surface area contributed by atoms with Crippen LogP contribution in [0.25, 0.3) is 11.3 Å². The lowest BCUT2D eigenvalue weighted by Gasteiger charge is -2.18. The van der Waals surface area contributed by atoms with Gasteiger partial charge in [0.05, 0.1) is 10.0 Å². The van der Waals surface area contributed by atoms with Crippen molar-refractivity contribution in [2.75, 3.05) is 13.1 Å². The molecule has 2 rings (SSSR count). The number of aromatic nitrogens is 1. The summed E-state index contributed by atoms with van der Waals surface area (Å²) in [4.78, 5) is 14.3. The van der Waals surface area contributed by atoms with Gasteiger partial charge in [-0.15, -0.1) is 0 Å². The molecule has 0 aliphatic rings. The molecule has 0 bridgehead atoms. The van der Waals surface area contributed by atoms with Crippen LogP contribution in [0.2, 0.25) is 10.0 Å². The van der Waals surface area contributed by atoms with Crippen LogP contribution in [0.3, 0.4) is 0 Å².